The standard InChI is InChI=1S/C16H23N5O2S/c1-5-21(6-2)13-7-8-14(12(3)11-13)17-15-9-10-16(19-18-15)20-24(4,22)23/h7-11H,5-6H2,1-4H3,(H,17,18)(H,19,20). The van der Waals surface area contributed by atoms with Crippen molar-refractivity contribution in [1.82, 2.24) is 10.2 Å². The van der Waals surface area contributed by atoms with Gasteiger partial charge in [-0.05, 0) is 56.7 Å². The van der Waals surface area contributed by atoms with Crippen LogP contribution in [-0.2, 0) is 10.0 Å². The lowest BCUT2D eigenvalue weighted by atomic mass is 10.1. The van der Waals surface area contributed by atoms with Crippen LogP contribution in [0.4, 0.5) is 23.0 Å². The summed E-state index contributed by atoms with van der Waals surface area (Å²) in [5.74, 6) is 0.740. The predicted octanol–water partition coefficient (Wildman–Crippen LogP) is 2.75. The Morgan fingerprint density at radius 1 is 1.04 bits per heavy atom. The van der Waals surface area contributed by atoms with Crippen molar-refractivity contribution in [2.75, 3.05) is 34.3 Å². The largest absolute Gasteiger partial charge is 0.372 e. The van der Waals surface area contributed by atoms with Crippen LogP contribution in [0.15, 0.2) is 30.3 Å². The van der Waals surface area contributed by atoms with Gasteiger partial charge in [0.2, 0.25) is 10.0 Å². The number of nitrogens with one attached hydrogen (secondary N) is 2. The summed E-state index contributed by atoms with van der Waals surface area (Å²) in [6.07, 6.45) is 1.07. The van der Waals surface area contributed by atoms with Crippen LogP contribution in [0.3, 0.4) is 0 Å². The van der Waals surface area contributed by atoms with E-state index in [0.717, 1.165) is 30.6 Å². The number of hydrogen-bond acceptors (Lipinski definition) is 6. The number of nitrogens with zero attached hydrogens (tertiary/aromatic N) is 3. The van der Waals surface area contributed by atoms with Crippen LogP contribution in [-0.4, -0.2) is 38.0 Å². The molecule has 0 unspecified atom stereocenters. The van der Waals surface area contributed by atoms with Gasteiger partial charge >= 0.3 is 0 Å². The molecule has 8 heteroatoms. The molecule has 0 saturated heterocycles. The van der Waals surface area contributed by atoms with Crippen LogP contribution in [0, 0.1) is 6.92 Å². The van der Waals surface area contributed by atoms with E-state index < -0.39 is 10.0 Å². The monoisotopic (exact) mass is 349 g/mol. The molecule has 2 N–H and O–H groups in total. The van der Waals surface area contributed by atoms with Gasteiger partial charge < -0.3 is 10.2 Å². The van der Waals surface area contributed by atoms with Crippen LogP contribution in [0.25, 0.3) is 0 Å². The Kier molecular flexibility index (Phi) is 5.61. The Balaban J connectivity index is 2.13. The Bertz CT molecular complexity index is 787. The molecule has 0 radical (unpaired) electrons. The average molecular weight is 349 g/mol. The van der Waals surface area contributed by atoms with Crippen LogP contribution < -0.4 is 14.9 Å². The van der Waals surface area contributed by atoms with Crippen LogP contribution in [0.5, 0.6) is 0 Å². The summed E-state index contributed by atoms with van der Waals surface area (Å²) < 4.78 is 24.6. The fourth-order valence-corrected chi connectivity index (χ4v) is 2.84. The molecule has 0 fully saturated rings. The van der Waals surface area contributed by atoms with Crippen molar-refractivity contribution < 1.29 is 8.42 Å². The number of sulfonamides is 1. The third-order valence-electron chi connectivity index (χ3n) is 3.56. The smallest absolute Gasteiger partial charge is 0.231 e. The molecule has 130 valence electrons. The maximum atomic E-state index is 11.2. The van der Waals surface area contributed by atoms with Gasteiger partial charge in [0.1, 0.15) is 0 Å². The number of aryl methyl sites for hydroxylation is 1. The summed E-state index contributed by atoms with van der Waals surface area (Å²) in [6.45, 7) is 8.22. The first-order valence-corrected chi connectivity index (χ1v) is 9.65. The highest BCUT2D eigenvalue weighted by Gasteiger charge is 2.07. The molecule has 0 saturated carbocycles. The maximum absolute atomic E-state index is 11.2. The summed E-state index contributed by atoms with van der Waals surface area (Å²) >= 11 is 0. The molecule has 0 aliphatic carbocycles. The molecule has 0 spiro atoms. The van der Waals surface area contributed by atoms with Crippen molar-refractivity contribution in [2.45, 2.75) is 20.8 Å². The average Bonchev–Trinajstić information content (AvgIpc) is 2.51. The molecular weight excluding hydrogens is 326 g/mol. The Labute approximate surface area is 143 Å². The van der Waals surface area contributed by atoms with E-state index >= 15 is 0 Å². The zero-order valence-corrected chi connectivity index (χ0v) is 15.2. The number of anilines is 4. The van der Waals surface area contributed by atoms with Crippen LogP contribution in [0.2, 0.25) is 0 Å². The summed E-state index contributed by atoms with van der Waals surface area (Å²) in [7, 11) is -3.35. The molecule has 0 aliphatic heterocycles. The second-order valence-corrected chi connectivity index (χ2v) is 7.22. The van der Waals surface area contributed by atoms with Gasteiger partial charge in [-0.25, -0.2) is 8.42 Å². The normalized spacial score (nSPS) is 11.2. The molecule has 1 aromatic carbocycles. The summed E-state index contributed by atoms with van der Waals surface area (Å²) in [4.78, 5) is 2.28. The molecule has 2 aromatic rings. The Morgan fingerprint density at radius 2 is 1.67 bits per heavy atom. The van der Waals surface area contributed by atoms with E-state index in [4.69, 9.17) is 0 Å². The van der Waals surface area contributed by atoms with Crippen LogP contribution >= 0.6 is 0 Å². The Hall–Kier alpha value is -2.35. The van der Waals surface area contributed by atoms with Gasteiger partial charge in [-0.3, -0.25) is 4.72 Å². The number of benzene rings is 1. The minimum Gasteiger partial charge on any atom is -0.372 e. The van der Waals surface area contributed by atoms with Gasteiger partial charge in [0, 0.05) is 24.5 Å². The van der Waals surface area contributed by atoms with Gasteiger partial charge in [-0.1, -0.05) is 0 Å². The van der Waals surface area contributed by atoms with E-state index in [0.29, 0.717) is 5.82 Å². The molecule has 0 aliphatic rings. The SMILES string of the molecule is CCN(CC)c1ccc(Nc2ccc(NS(C)(=O)=O)nn2)c(C)c1. The lowest BCUT2D eigenvalue weighted by Crippen LogP contribution is -2.21. The molecular formula is C16H23N5O2S. The minimum atomic E-state index is -3.35. The zero-order valence-electron chi connectivity index (χ0n) is 14.4. The molecule has 24 heavy (non-hydrogen) atoms. The number of rotatable bonds is 7. The Morgan fingerprint density at radius 3 is 2.17 bits per heavy atom. The van der Waals surface area contributed by atoms with E-state index in [1.165, 1.54) is 5.69 Å². The van der Waals surface area contributed by atoms with Crippen molar-refractivity contribution in [2.24, 2.45) is 0 Å². The van der Waals surface area contributed by atoms with Crippen molar-refractivity contribution in [1.29, 1.82) is 0 Å². The summed E-state index contributed by atoms with van der Waals surface area (Å²) in [5.41, 5.74) is 3.21. The van der Waals surface area contributed by atoms with Crippen molar-refractivity contribution in [3.8, 4) is 0 Å². The number of hydrogen-bond donors (Lipinski definition) is 2. The van der Waals surface area contributed by atoms with E-state index in [2.05, 4.69) is 51.1 Å². The van der Waals surface area contributed by atoms with Gasteiger partial charge in [0.05, 0.1) is 6.26 Å². The van der Waals surface area contributed by atoms with E-state index in [9.17, 15) is 8.42 Å². The van der Waals surface area contributed by atoms with E-state index in [1.54, 1.807) is 12.1 Å². The molecule has 0 atom stereocenters. The quantitative estimate of drug-likeness (QED) is 0.799. The van der Waals surface area contributed by atoms with Crippen LogP contribution in [0.1, 0.15) is 19.4 Å². The first kappa shape index (κ1) is 18.0. The minimum absolute atomic E-state index is 0.191. The highest BCUT2D eigenvalue weighted by atomic mass is 32.2. The molecule has 1 aromatic heterocycles. The topological polar surface area (TPSA) is 87.2 Å². The molecule has 2 rings (SSSR count). The highest BCUT2D eigenvalue weighted by Crippen LogP contribution is 2.25. The van der Waals surface area contributed by atoms with Gasteiger partial charge in [-0.2, -0.15) is 0 Å². The predicted molar refractivity (Wildman–Crippen MR) is 98.5 cm³/mol. The first-order valence-electron chi connectivity index (χ1n) is 7.76. The summed E-state index contributed by atoms with van der Waals surface area (Å²) in [6, 6.07) is 9.44. The number of aromatic nitrogens is 2. The summed E-state index contributed by atoms with van der Waals surface area (Å²) in [5, 5.41) is 11.0. The maximum Gasteiger partial charge on any atom is 0.231 e. The molecule has 7 nitrogen and oxygen atoms in total. The van der Waals surface area contributed by atoms with E-state index in [-0.39, 0.29) is 5.82 Å². The molecule has 1 heterocycles. The zero-order chi connectivity index (χ0) is 17.7. The second kappa shape index (κ2) is 7.48. The highest BCUT2D eigenvalue weighted by molar-refractivity contribution is 7.92. The second-order valence-electron chi connectivity index (χ2n) is 5.47. The van der Waals surface area contributed by atoms with Crippen molar-refractivity contribution >= 4 is 33.0 Å². The van der Waals surface area contributed by atoms with Crippen molar-refractivity contribution in [3.63, 3.8) is 0 Å². The van der Waals surface area contributed by atoms with Gasteiger partial charge in [-0.15, -0.1) is 10.2 Å². The molecule has 0 bridgehead atoms. The third-order valence-corrected chi connectivity index (χ3v) is 4.14. The van der Waals surface area contributed by atoms with E-state index in [1.807, 2.05) is 13.0 Å². The molecule has 0 amide bonds. The van der Waals surface area contributed by atoms with Crippen molar-refractivity contribution in [3.05, 3.63) is 35.9 Å². The third kappa shape index (κ3) is 4.82. The fraction of sp³-hybridized carbons (Fsp3) is 0.375. The first-order chi connectivity index (χ1) is 11.3. The lowest BCUT2D eigenvalue weighted by molar-refractivity contribution is 0.606. The van der Waals surface area contributed by atoms with Gasteiger partial charge in [0.15, 0.2) is 11.6 Å². The lowest BCUT2D eigenvalue weighted by Gasteiger charge is -2.22. The van der Waals surface area contributed by atoms with Gasteiger partial charge in [0.25, 0.3) is 0 Å². The fourth-order valence-electron chi connectivity index (χ4n) is 2.35.